The normalized spacial score (nSPS) is 17.7. The number of aromatic amines is 1. The van der Waals surface area contributed by atoms with Crippen LogP contribution in [0.25, 0.3) is 10.9 Å². The van der Waals surface area contributed by atoms with E-state index in [9.17, 15) is 9.59 Å². The van der Waals surface area contributed by atoms with Gasteiger partial charge in [0.05, 0.1) is 12.0 Å². The highest BCUT2D eigenvalue weighted by Crippen LogP contribution is 2.42. The van der Waals surface area contributed by atoms with Crippen molar-refractivity contribution in [3.63, 3.8) is 0 Å². The van der Waals surface area contributed by atoms with Gasteiger partial charge in [0.1, 0.15) is 0 Å². The van der Waals surface area contributed by atoms with Crippen LogP contribution in [0.3, 0.4) is 0 Å². The molecule has 5 rings (SSSR count). The molecule has 0 unspecified atom stereocenters. The number of benzene rings is 2. The maximum Gasteiger partial charge on any atom is 0.303 e. The molecule has 2 aliphatic rings. The zero-order chi connectivity index (χ0) is 25.0. The molecular formula is C30H37N3O3. The molecule has 36 heavy (non-hydrogen) atoms. The Morgan fingerprint density at radius 2 is 1.72 bits per heavy atom. The number of carbonyl (C=O) groups excluding carboxylic acids is 1. The van der Waals surface area contributed by atoms with Gasteiger partial charge < -0.3 is 20.3 Å². The van der Waals surface area contributed by atoms with Gasteiger partial charge in [-0.05, 0) is 67.9 Å². The summed E-state index contributed by atoms with van der Waals surface area (Å²) in [6, 6.07) is 14.7. The van der Waals surface area contributed by atoms with Crippen LogP contribution >= 0.6 is 0 Å². The number of hydrogen-bond acceptors (Lipinski definition) is 3. The van der Waals surface area contributed by atoms with Gasteiger partial charge in [0.2, 0.25) is 5.91 Å². The fraction of sp³-hybridized carbons (Fsp3) is 0.467. The third-order valence-corrected chi connectivity index (χ3v) is 8.01. The lowest BCUT2D eigenvalue weighted by molar-refractivity contribution is -0.137. The van der Waals surface area contributed by atoms with Crippen molar-refractivity contribution >= 4 is 28.5 Å². The summed E-state index contributed by atoms with van der Waals surface area (Å²) >= 11 is 0. The molecule has 2 heterocycles. The number of para-hydroxylation sites is 1. The number of aryl methyl sites for hydroxylation is 1. The van der Waals surface area contributed by atoms with Crippen molar-refractivity contribution in [3.05, 3.63) is 65.4 Å². The molecule has 3 aromatic rings. The van der Waals surface area contributed by atoms with Gasteiger partial charge in [0.15, 0.2) is 0 Å². The Hall–Kier alpha value is -3.28. The first-order valence-electron chi connectivity index (χ1n) is 13.5. The largest absolute Gasteiger partial charge is 0.481 e. The minimum atomic E-state index is -0.803. The van der Waals surface area contributed by atoms with Crippen molar-refractivity contribution in [1.29, 1.82) is 0 Å². The number of aliphatic carboxylic acids is 1. The highest BCUT2D eigenvalue weighted by Gasteiger charge is 2.38. The zero-order valence-electron chi connectivity index (χ0n) is 21.0. The number of nitrogens with zero attached hydrogens (tertiary/aromatic N) is 1. The van der Waals surface area contributed by atoms with Gasteiger partial charge in [0.25, 0.3) is 0 Å². The average Bonchev–Trinajstić information content (AvgIpc) is 3.30. The molecular weight excluding hydrogens is 450 g/mol. The number of carbonyl (C=O) groups is 2. The van der Waals surface area contributed by atoms with Gasteiger partial charge in [-0.2, -0.15) is 0 Å². The second kappa shape index (κ2) is 10.8. The number of fused-ring (bicyclic) bond motifs is 1. The monoisotopic (exact) mass is 487 g/mol. The Labute approximate surface area is 213 Å². The number of nitrogens with one attached hydrogen (secondary N) is 2. The summed E-state index contributed by atoms with van der Waals surface area (Å²) in [7, 11) is 0. The number of amides is 1. The zero-order valence-corrected chi connectivity index (χ0v) is 21.0. The van der Waals surface area contributed by atoms with Gasteiger partial charge in [0, 0.05) is 47.9 Å². The minimum absolute atomic E-state index is 0.0484. The van der Waals surface area contributed by atoms with E-state index in [2.05, 4.69) is 39.5 Å². The number of piperidine rings is 1. The summed E-state index contributed by atoms with van der Waals surface area (Å²) in [5, 5.41) is 13.6. The topological polar surface area (TPSA) is 85.4 Å². The van der Waals surface area contributed by atoms with Crippen LogP contribution in [0.2, 0.25) is 0 Å². The molecule has 0 bridgehead atoms. The van der Waals surface area contributed by atoms with Crippen LogP contribution in [-0.4, -0.2) is 35.1 Å². The predicted molar refractivity (Wildman–Crippen MR) is 143 cm³/mol. The van der Waals surface area contributed by atoms with Crippen LogP contribution in [0.5, 0.6) is 0 Å². The van der Waals surface area contributed by atoms with Crippen molar-refractivity contribution in [2.75, 3.05) is 18.0 Å². The first-order chi connectivity index (χ1) is 17.5. The lowest BCUT2D eigenvalue weighted by Crippen LogP contribution is -2.48. The second-order valence-corrected chi connectivity index (χ2v) is 10.5. The van der Waals surface area contributed by atoms with Crippen LogP contribution in [-0.2, 0) is 28.0 Å². The van der Waals surface area contributed by atoms with Crippen LogP contribution in [0, 0.1) is 0 Å². The molecule has 1 aromatic heterocycles. The molecule has 1 amide bonds. The molecule has 0 spiro atoms. The van der Waals surface area contributed by atoms with Gasteiger partial charge in [-0.25, -0.2) is 0 Å². The molecule has 1 saturated heterocycles. The number of carboxylic acid groups (broad SMARTS) is 1. The van der Waals surface area contributed by atoms with E-state index in [1.165, 1.54) is 36.9 Å². The second-order valence-electron chi connectivity index (χ2n) is 10.5. The van der Waals surface area contributed by atoms with Crippen molar-refractivity contribution in [3.8, 4) is 0 Å². The van der Waals surface area contributed by atoms with Gasteiger partial charge in [-0.3, -0.25) is 9.59 Å². The van der Waals surface area contributed by atoms with Crippen LogP contribution < -0.4 is 10.2 Å². The van der Waals surface area contributed by atoms with E-state index in [1.54, 1.807) is 0 Å². The third kappa shape index (κ3) is 5.28. The van der Waals surface area contributed by atoms with Crippen molar-refractivity contribution < 1.29 is 14.7 Å². The molecule has 1 aliphatic heterocycles. The number of H-pyrrole nitrogens is 1. The summed E-state index contributed by atoms with van der Waals surface area (Å²) < 4.78 is 0. The molecule has 190 valence electrons. The lowest BCUT2D eigenvalue weighted by Gasteiger charge is -2.42. The standard InChI is InChI=1S/C30H37N3O3/c34-28(20-22-11-13-26-24(19-22)23(21-31-26)12-14-29(35)36)32-30(15-5-1-6-16-30)25-9-3-4-10-27(25)33-17-7-2-8-18-33/h3-4,9-11,13,19,21,31H,1-2,5-8,12,14-18,20H2,(H,32,34)(H,35,36). The Morgan fingerprint density at radius 3 is 2.50 bits per heavy atom. The molecule has 2 aromatic carbocycles. The molecule has 6 nitrogen and oxygen atoms in total. The predicted octanol–water partition coefficient (Wildman–Crippen LogP) is 5.69. The third-order valence-electron chi connectivity index (χ3n) is 8.01. The van der Waals surface area contributed by atoms with E-state index < -0.39 is 5.97 Å². The maximum atomic E-state index is 13.5. The number of carboxylic acids is 1. The van der Waals surface area contributed by atoms with Crippen LogP contribution in [0.1, 0.15) is 74.5 Å². The van der Waals surface area contributed by atoms with Gasteiger partial charge in [-0.1, -0.05) is 43.5 Å². The van der Waals surface area contributed by atoms with E-state index >= 15 is 0 Å². The highest BCUT2D eigenvalue weighted by atomic mass is 16.4. The van der Waals surface area contributed by atoms with E-state index in [1.807, 2.05) is 24.4 Å². The molecule has 1 aliphatic carbocycles. The van der Waals surface area contributed by atoms with Gasteiger partial charge in [-0.15, -0.1) is 0 Å². The molecule has 6 heteroatoms. The van der Waals surface area contributed by atoms with E-state index in [0.717, 1.165) is 60.8 Å². The van der Waals surface area contributed by atoms with Crippen LogP contribution in [0.15, 0.2) is 48.7 Å². The quantitative estimate of drug-likeness (QED) is 0.381. The van der Waals surface area contributed by atoms with E-state index in [4.69, 9.17) is 5.11 Å². The Morgan fingerprint density at radius 1 is 0.972 bits per heavy atom. The van der Waals surface area contributed by atoms with E-state index in [-0.39, 0.29) is 17.9 Å². The number of hydrogen-bond donors (Lipinski definition) is 3. The van der Waals surface area contributed by atoms with Crippen molar-refractivity contribution in [2.24, 2.45) is 0 Å². The minimum Gasteiger partial charge on any atom is -0.481 e. The van der Waals surface area contributed by atoms with Crippen molar-refractivity contribution in [2.45, 2.75) is 76.2 Å². The summed E-state index contributed by atoms with van der Waals surface area (Å²) in [6.07, 6.45) is 11.9. The Kier molecular flexibility index (Phi) is 7.30. The number of anilines is 1. The fourth-order valence-electron chi connectivity index (χ4n) is 6.19. The summed E-state index contributed by atoms with van der Waals surface area (Å²) in [6.45, 7) is 2.17. The SMILES string of the molecule is O=C(O)CCc1c[nH]c2ccc(CC(=O)NC3(c4ccccc4N4CCCCC4)CCCCC3)cc12. The highest BCUT2D eigenvalue weighted by molar-refractivity contribution is 5.87. The summed E-state index contributed by atoms with van der Waals surface area (Å²) in [5.74, 6) is -0.755. The average molecular weight is 488 g/mol. The Balaban J connectivity index is 1.38. The smallest absolute Gasteiger partial charge is 0.303 e. The maximum absolute atomic E-state index is 13.5. The first kappa shape index (κ1) is 24.4. The number of aromatic nitrogens is 1. The fourth-order valence-corrected chi connectivity index (χ4v) is 6.19. The molecule has 2 fully saturated rings. The molecule has 0 atom stereocenters. The van der Waals surface area contributed by atoms with Gasteiger partial charge >= 0.3 is 5.97 Å². The molecule has 0 radical (unpaired) electrons. The number of rotatable bonds is 8. The summed E-state index contributed by atoms with van der Waals surface area (Å²) in [4.78, 5) is 30.3. The van der Waals surface area contributed by atoms with Crippen LogP contribution in [0.4, 0.5) is 5.69 Å². The lowest BCUT2D eigenvalue weighted by atomic mass is 9.75. The Bertz CT molecular complexity index is 1220. The summed E-state index contributed by atoms with van der Waals surface area (Å²) in [5.41, 5.74) is 5.14. The first-order valence-corrected chi connectivity index (χ1v) is 13.5. The molecule has 1 saturated carbocycles. The van der Waals surface area contributed by atoms with E-state index in [0.29, 0.717) is 12.8 Å². The van der Waals surface area contributed by atoms with Crippen molar-refractivity contribution in [1.82, 2.24) is 10.3 Å². The molecule has 3 N–H and O–H groups in total.